The smallest absolute Gasteiger partial charge is 0.366 e. The molecule has 0 spiro atoms. The number of hydrogen-bond acceptors (Lipinski definition) is 4. The summed E-state index contributed by atoms with van der Waals surface area (Å²) in [4.78, 5) is 18.6. The maximum absolute atomic E-state index is 13.1. The molecule has 0 saturated carbocycles. The normalized spacial score (nSPS) is 13.3. The van der Waals surface area contributed by atoms with Gasteiger partial charge in [-0.05, 0) is 35.9 Å². The van der Waals surface area contributed by atoms with Gasteiger partial charge < -0.3 is 5.73 Å². The Bertz CT molecular complexity index is 1220. The molecule has 34 heavy (non-hydrogen) atoms. The van der Waals surface area contributed by atoms with E-state index in [9.17, 15) is 44.3 Å². The van der Waals surface area contributed by atoms with E-state index in [2.05, 4.69) is 15.1 Å². The van der Waals surface area contributed by atoms with Crippen molar-refractivity contribution in [2.75, 3.05) is 0 Å². The number of primary amides is 1. The summed E-state index contributed by atoms with van der Waals surface area (Å²) >= 11 is 0. The molecule has 6 nitrogen and oxygen atoms in total. The average Bonchev–Trinajstić information content (AvgIpc) is 3.18. The predicted molar refractivity (Wildman–Crippen MR) is 98.1 cm³/mol. The summed E-state index contributed by atoms with van der Waals surface area (Å²) in [6.07, 6.45) is -12.6. The van der Waals surface area contributed by atoms with Crippen molar-refractivity contribution in [2.24, 2.45) is 5.73 Å². The first-order chi connectivity index (χ1) is 15.6. The average molecular weight is 495 g/mol. The van der Waals surface area contributed by atoms with Gasteiger partial charge in [0.1, 0.15) is 12.0 Å². The van der Waals surface area contributed by atoms with Crippen molar-refractivity contribution in [3.63, 3.8) is 0 Å². The van der Waals surface area contributed by atoms with Crippen LogP contribution in [0.4, 0.5) is 39.5 Å². The molecule has 0 saturated heterocycles. The zero-order valence-corrected chi connectivity index (χ0v) is 16.3. The predicted octanol–water partition coefficient (Wildman–Crippen LogP) is 4.88. The quantitative estimate of drug-likeness (QED) is 0.413. The number of carbonyl (C=O) groups excluding carboxylic acids is 1. The molecular weight excluding hydrogens is 485 g/mol. The zero-order chi connectivity index (χ0) is 25.5. The lowest BCUT2D eigenvalue weighted by molar-refractivity contribution is -0.143. The van der Waals surface area contributed by atoms with E-state index in [1.165, 1.54) is 0 Å². The van der Waals surface area contributed by atoms with E-state index in [0.29, 0.717) is 22.9 Å². The van der Waals surface area contributed by atoms with Crippen molar-refractivity contribution >= 4 is 17.7 Å². The highest BCUT2D eigenvalue weighted by Crippen LogP contribution is 2.38. The number of pyridine rings is 1. The van der Waals surface area contributed by atoms with E-state index in [0.717, 1.165) is 24.8 Å². The Morgan fingerprint density at radius 1 is 0.853 bits per heavy atom. The number of aromatic nitrogens is 4. The van der Waals surface area contributed by atoms with E-state index in [1.54, 1.807) is 0 Å². The maximum Gasteiger partial charge on any atom is 0.433 e. The summed E-state index contributed by atoms with van der Waals surface area (Å²) in [6, 6.07) is 2.27. The van der Waals surface area contributed by atoms with Gasteiger partial charge in [0.2, 0.25) is 0 Å². The van der Waals surface area contributed by atoms with Crippen molar-refractivity contribution in [3.05, 3.63) is 65.2 Å². The summed E-state index contributed by atoms with van der Waals surface area (Å²) in [5.74, 6) is -1.78. The van der Waals surface area contributed by atoms with E-state index >= 15 is 0 Å². The molecule has 2 N–H and O–H groups in total. The lowest BCUT2D eigenvalue weighted by Crippen LogP contribution is -2.15. The number of nitrogens with two attached hydrogens (primary N) is 1. The SMILES string of the molecule is NC(=O)C(=Cn1cnc(-c2cc(C(F)(F)F)cc(C(F)(F)F)c2)n1)c1ccnc(C(F)(F)F)c1. The van der Waals surface area contributed by atoms with Crippen molar-refractivity contribution < 1.29 is 44.3 Å². The summed E-state index contributed by atoms with van der Waals surface area (Å²) < 4.78 is 118. The molecule has 0 bridgehead atoms. The molecule has 0 radical (unpaired) electrons. The third-order valence-electron chi connectivity index (χ3n) is 4.24. The third-order valence-corrected chi connectivity index (χ3v) is 4.24. The highest BCUT2D eigenvalue weighted by Gasteiger charge is 2.37. The highest BCUT2D eigenvalue weighted by atomic mass is 19.4. The van der Waals surface area contributed by atoms with Gasteiger partial charge in [0.25, 0.3) is 5.91 Å². The highest BCUT2D eigenvalue weighted by molar-refractivity contribution is 6.22. The number of rotatable bonds is 4. The summed E-state index contributed by atoms with van der Waals surface area (Å²) in [6.45, 7) is 0. The van der Waals surface area contributed by atoms with Crippen LogP contribution in [-0.2, 0) is 23.3 Å². The topological polar surface area (TPSA) is 86.7 Å². The monoisotopic (exact) mass is 495 g/mol. The van der Waals surface area contributed by atoms with Gasteiger partial charge in [0.05, 0.1) is 16.7 Å². The molecule has 0 aliphatic rings. The van der Waals surface area contributed by atoms with Crippen molar-refractivity contribution in [1.29, 1.82) is 0 Å². The first-order valence-corrected chi connectivity index (χ1v) is 8.82. The molecule has 2 heterocycles. The van der Waals surface area contributed by atoms with Crippen LogP contribution >= 0.6 is 0 Å². The van der Waals surface area contributed by atoms with Gasteiger partial charge in [-0.15, -0.1) is 5.10 Å². The summed E-state index contributed by atoms with van der Waals surface area (Å²) in [7, 11) is 0. The number of alkyl halides is 9. The van der Waals surface area contributed by atoms with Gasteiger partial charge in [0.15, 0.2) is 5.82 Å². The fourth-order valence-corrected chi connectivity index (χ4v) is 2.72. The van der Waals surface area contributed by atoms with Gasteiger partial charge in [0, 0.05) is 18.0 Å². The van der Waals surface area contributed by atoms with Gasteiger partial charge >= 0.3 is 18.5 Å². The van der Waals surface area contributed by atoms with Crippen LogP contribution in [0, 0.1) is 0 Å². The van der Waals surface area contributed by atoms with Crippen LogP contribution in [0.3, 0.4) is 0 Å². The summed E-state index contributed by atoms with van der Waals surface area (Å²) in [5.41, 5.74) is -0.787. The standard InChI is InChI=1S/C19H10F9N5O/c20-17(21,22)11-3-10(4-12(6-11)18(23,24)25)16-31-8-33(32-16)7-13(15(29)34)9-1-2-30-14(5-9)19(26,27)28/h1-8H,(H2,29,34). The number of amides is 1. The molecule has 3 rings (SSSR count). The van der Waals surface area contributed by atoms with Crippen LogP contribution in [-0.4, -0.2) is 25.7 Å². The van der Waals surface area contributed by atoms with Crippen LogP contribution in [0.2, 0.25) is 0 Å². The zero-order valence-electron chi connectivity index (χ0n) is 16.3. The fourth-order valence-electron chi connectivity index (χ4n) is 2.72. The molecule has 0 aliphatic heterocycles. The second-order valence-corrected chi connectivity index (χ2v) is 6.68. The number of nitrogens with zero attached hydrogens (tertiary/aromatic N) is 4. The van der Waals surface area contributed by atoms with Crippen LogP contribution in [0.25, 0.3) is 23.2 Å². The molecular formula is C19H10F9N5O. The Balaban J connectivity index is 2.07. The minimum absolute atomic E-state index is 0.0761. The number of hydrogen-bond donors (Lipinski definition) is 1. The van der Waals surface area contributed by atoms with E-state index in [1.807, 2.05) is 0 Å². The Hall–Kier alpha value is -3.91. The van der Waals surface area contributed by atoms with Gasteiger partial charge in [-0.1, -0.05) is 0 Å². The molecule has 1 aromatic carbocycles. The summed E-state index contributed by atoms with van der Waals surface area (Å²) in [5, 5.41) is 3.69. The molecule has 180 valence electrons. The van der Waals surface area contributed by atoms with Gasteiger partial charge in [-0.25, -0.2) is 9.67 Å². The fraction of sp³-hybridized carbons (Fsp3) is 0.158. The Morgan fingerprint density at radius 2 is 1.44 bits per heavy atom. The second-order valence-electron chi connectivity index (χ2n) is 6.68. The molecule has 0 unspecified atom stereocenters. The minimum Gasteiger partial charge on any atom is -0.366 e. The molecule has 0 aliphatic carbocycles. The molecule has 1 amide bonds. The Morgan fingerprint density at radius 3 is 1.94 bits per heavy atom. The van der Waals surface area contributed by atoms with Crippen molar-refractivity contribution in [2.45, 2.75) is 18.5 Å². The number of carbonyl (C=O) groups is 1. The lowest BCUT2D eigenvalue weighted by Gasteiger charge is -2.13. The molecule has 0 fully saturated rings. The second kappa shape index (κ2) is 8.46. The maximum atomic E-state index is 13.1. The van der Waals surface area contributed by atoms with E-state index < -0.39 is 58.2 Å². The van der Waals surface area contributed by atoms with E-state index in [4.69, 9.17) is 5.73 Å². The molecule has 2 aromatic heterocycles. The lowest BCUT2D eigenvalue weighted by atomic mass is 10.0. The minimum atomic E-state index is -5.10. The van der Waals surface area contributed by atoms with Crippen molar-refractivity contribution in [1.82, 2.24) is 19.7 Å². The molecule has 15 heteroatoms. The molecule has 0 atom stereocenters. The molecule has 3 aromatic rings. The van der Waals surface area contributed by atoms with Gasteiger partial charge in [-0.3, -0.25) is 9.78 Å². The first-order valence-electron chi connectivity index (χ1n) is 8.82. The Labute approximate surface area is 183 Å². The van der Waals surface area contributed by atoms with Crippen LogP contribution in [0.15, 0.2) is 42.9 Å². The third kappa shape index (κ3) is 5.52. The first kappa shape index (κ1) is 24.7. The van der Waals surface area contributed by atoms with Crippen LogP contribution < -0.4 is 5.73 Å². The van der Waals surface area contributed by atoms with Gasteiger partial charge in [-0.2, -0.15) is 39.5 Å². The van der Waals surface area contributed by atoms with Crippen molar-refractivity contribution in [3.8, 4) is 11.4 Å². The van der Waals surface area contributed by atoms with E-state index in [-0.39, 0.29) is 11.6 Å². The number of benzene rings is 1. The van der Waals surface area contributed by atoms with Crippen LogP contribution in [0.1, 0.15) is 22.4 Å². The number of halogens is 9. The largest absolute Gasteiger partial charge is 0.433 e. The Kier molecular flexibility index (Phi) is 6.15. The van der Waals surface area contributed by atoms with Crippen LogP contribution in [0.5, 0.6) is 0 Å².